The molecule has 0 aliphatic carbocycles. The lowest BCUT2D eigenvalue weighted by atomic mass is 9.85. The van der Waals surface area contributed by atoms with Crippen LogP contribution in [-0.4, -0.2) is 77.2 Å². The standard InChI is InChI=1S/C19H34N2O7S/c1-12(22)9-14(24)10-16-27-11-19(3,4)17(28-16)18(26)21-6-5-15(25)20-7-8-29-13(2)23/h12,14,16-17,22,24H,5-11H2,1-4H3,(H,20,25)(H,21,26)/t12?,14?,16?,17-/m0/s1. The van der Waals surface area contributed by atoms with E-state index in [0.29, 0.717) is 12.3 Å². The Labute approximate surface area is 176 Å². The third kappa shape index (κ3) is 10.4. The van der Waals surface area contributed by atoms with Gasteiger partial charge in [0.05, 0.1) is 18.8 Å². The Hall–Kier alpha value is -1.20. The van der Waals surface area contributed by atoms with E-state index in [-0.39, 0.29) is 49.3 Å². The van der Waals surface area contributed by atoms with E-state index in [9.17, 15) is 24.6 Å². The fraction of sp³-hybridized carbons (Fsp3) is 0.842. The molecule has 0 aromatic heterocycles. The molecule has 1 heterocycles. The SMILES string of the molecule is CC(=O)SCCNC(=O)CCNC(=O)[C@@H]1OC(CC(O)CC(C)O)OCC1(C)C. The summed E-state index contributed by atoms with van der Waals surface area (Å²) in [6.07, 6.45) is -2.48. The molecule has 2 amide bonds. The van der Waals surface area contributed by atoms with Crippen molar-refractivity contribution in [2.24, 2.45) is 5.41 Å². The molecular weight excluding hydrogens is 400 g/mol. The highest BCUT2D eigenvalue weighted by molar-refractivity contribution is 8.13. The third-order valence-corrected chi connectivity index (χ3v) is 5.15. The minimum absolute atomic E-state index is 0.00211. The Kier molecular flexibility index (Phi) is 11.1. The van der Waals surface area contributed by atoms with Gasteiger partial charge in [0, 0.05) is 44.0 Å². The molecule has 0 bridgehead atoms. The van der Waals surface area contributed by atoms with Crippen molar-refractivity contribution in [3.8, 4) is 0 Å². The van der Waals surface area contributed by atoms with Gasteiger partial charge in [0.15, 0.2) is 11.4 Å². The van der Waals surface area contributed by atoms with Crippen molar-refractivity contribution in [3.63, 3.8) is 0 Å². The minimum Gasteiger partial charge on any atom is -0.393 e. The number of rotatable bonds is 11. The van der Waals surface area contributed by atoms with Crippen LogP contribution in [0, 0.1) is 5.41 Å². The highest BCUT2D eigenvalue weighted by Gasteiger charge is 2.43. The van der Waals surface area contributed by atoms with Crippen molar-refractivity contribution in [1.82, 2.24) is 10.6 Å². The monoisotopic (exact) mass is 434 g/mol. The molecule has 4 N–H and O–H groups in total. The number of thioether (sulfide) groups is 1. The number of aliphatic hydroxyl groups excluding tert-OH is 2. The van der Waals surface area contributed by atoms with Gasteiger partial charge in [-0.2, -0.15) is 0 Å². The van der Waals surface area contributed by atoms with Crippen LogP contribution in [0.1, 0.15) is 47.0 Å². The van der Waals surface area contributed by atoms with E-state index >= 15 is 0 Å². The van der Waals surface area contributed by atoms with E-state index in [2.05, 4.69) is 10.6 Å². The molecule has 0 spiro atoms. The van der Waals surface area contributed by atoms with Gasteiger partial charge in [0.25, 0.3) is 0 Å². The molecule has 3 unspecified atom stereocenters. The molecule has 168 valence electrons. The highest BCUT2D eigenvalue weighted by atomic mass is 32.2. The molecule has 0 aromatic rings. The molecule has 1 fully saturated rings. The lowest BCUT2D eigenvalue weighted by Crippen LogP contribution is -2.54. The fourth-order valence-corrected chi connectivity index (χ4v) is 3.37. The van der Waals surface area contributed by atoms with Gasteiger partial charge in [-0.3, -0.25) is 14.4 Å². The summed E-state index contributed by atoms with van der Waals surface area (Å²) >= 11 is 1.14. The molecule has 0 saturated carbocycles. The number of hydrogen-bond donors (Lipinski definition) is 4. The predicted octanol–water partition coefficient (Wildman–Crippen LogP) is 0.178. The van der Waals surface area contributed by atoms with Crippen LogP contribution < -0.4 is 10.6 Å². The van der Waals surface area contributed by atoms with Crippen LogP contribution in [0.25, 0.3) is 0 Å². The Bertz CT molecular complexity index is 557. The molecule has 1 saturated heterocycles. The Morgan fingerprint density at radius 1 is 1.21 bits per heavy atom. The summed E-state index contributed by atoms with van der Waals surface area (Å²) in [4.78, 5) is 35.2. The molecule has 10 heteroatoms. The maximum absolute atomic E-state index is 12.6. The first-order chi connectivity index (χ1) is 13.5. The van der Waals surface area contributed by atoms with Crippen LogP contribution in [0.15, 0.2) is 0 Å². The van der Waals surface area contributed by atoms with Crippen LogP contribution in [0.4, 0.5) is 0 Å². The smallest absolute Gasteiger partial charge is 0.249 e. The van der Waals surface area contributed by atoms with Crippen LogP contribution in [0.5, 0.6) is 0 Å². The van der Waals surface area contributed by atoms with Gasteiger partial charge in [-0.1, -0.05) is 25.6 Å². The number of hydrogen-bond acceptors (Lipinski definition) is 8. The Balaban J connectivity index is 2.41. The quantitative estimate of drug-likeness (QED) is 0.338. The zero-order valence-corrected chi connectivity index (χ0v) is 18.4. The van der Waals surface area contributed by atoms with Gasteiger partial charge in [-0.05, 0) is 13.3 Å². The van der Waals surface area contributed by atoms with Crippen molar-refractivity contribution in [3.05, 3.63) is 0 Å². The number of nitrogens with one attached hydrogen (secondary N) is 2. The molecule has 1 aliphatic heterocycles. The number of carbonyl (C=O) groups excluding carboxylic acids is 3. The molecule has 0 radical (unpaired) electrons. The van der Waals surface area contributed by atoms with E-state index in [1.807, 2.05) is 13.8 Å². The summed E-state index contributed by atoms with van der Waals surface area (Å²) in [5.74, 6) is -0.0335. The van der Waals surface area contributed by atoms with Crippen molar-refractivity contribution in [1.29, 1.82) is 0 Å². The topological polar surface area (TPSA) is 134 Å². The van der Waals surface area contributed by atoms with Gasteiger partial charge in [-0.15, -0.1) is 0 Å². The number of carbonyl (C=O) groups is 3. The second-order valence-electron chi connectivity index (χ2n) is 7.95. The Morgan fingerprint density at radius 3 is 2.52 bits per heavy atom. The van der Waals surface area contributed by atoms with Gasteiger partial charge in [0.1, 0.15) is 6.10 Å². The molecule has 1 rings (SSSR count). The molecule has 1 aliphatic rings. The van der Waals surface area contributed by atoms with E-state index in [0.717, 1.165) is 11.8 Å². The predicted molar refractivity (Wildman–Crippen MR) is 109 cm³/mol. The lowest BCUT2D eigenvalue weighted by Gasteiger charge is -2.41. The van der Waals surface area contributed by atoms with Crippen molar-refractivity contribution in [2.45, 2.75) is 71.6 Å². The summed E-state index contributed by atoms with van der Waals surface area (Å²) in [7, 11) is 0. The van der Waals surface area contributed by atoms with Gasteiger partial charge < -0.3 is 30.3 Å². The minimum atomic E-state index is -0.796. The molecule has 4 atom stereocenters. The molecule has 9 nitrogen and oxygen atoms in total. The van der Waals surface area contributed by atoms with Crippen molar-refractivity contribution in [2.75, 3.05) is 25.4 Å². The molecular formula is C19H34N2O7S. The number of aliphatic hydroxyl groups is 2. The molecule has 29 heavy (non-hydrogen) atoms. The van der Waals surface area contributed by atoms with E-state index in [4.69, 9.17) is 9.47 Å². The lowest BCUT2D eigenvalue weighted by molar-refractivity contribution is -0.261. The normalized spacial score (nSPS) is 23.1. The average molecular weight is 435 g/mol. The molecule has 0 aromatic carbocycles. The van der Waals surface area contributed by atoms with Crippen molar-refractivity contribution >= 4 is 28.7 Å². The summed E-state index contributed by atoms with van der Waals surface area (Å²) in [5, 5.41) is 24.7. The second kappa shape index (κ2) is 12.5. The zero-order valence-electron chi connectivity index (χ0n) is 17.6. The van der Waals surface area contributed by atoms with E-state index in [1.54, 1.807) is 6.92 Å². The first kappa shape index (κ1) is 25.8. The second-order valence-corrected chi connectivity index (χ2v) is 9.22. The van der Waals surface area contributed by atoms with Crippen LogP contribution in [0.2, 0.25) is 0 Å². The Morgan fingerprint density at radius 2 is 1.90 bits per heavy atom. The van der Waals surface area contributed by atoms with Gasteiger partial charge in [0.2, 0.25) is 11.8 Å². The third-order valence-electron chi connectivity index (χ3n) is 4.34. The fourth-order valence-electron chi connectivity index (χ4n) is 2.88. The zero-order chi connectivity index (χ0) is 22.0. The first-order valence-electron chi connectivity index (χ1n) is 9.82. The summed E-state index contributed by atoms with van der Waals surface area (Å²) in [5.41, 5.74) is -0.567. The largest absolute Gasteiger partial charge is 0.393 e. The number of amides is 2. The van der Waals surface area contributed by atoms with Crippen LogP contribution in [-0.2, 0) is 23.9 Å². The number of ether oxygens (including phenoxy) is 2. The van der Waals surface area contributed by atoms with Gasteiger partial charge >= 0.3 is 0 Å². The van der Waals surface area contributed by atoms with Crippen LogP contribution in [0.3, 0.4) is 0 Å². The first-order valence-corrected chi connectivity index (χ1v) is 10.8. The van der Waals surface area contributed by atoms with Crippen LogP contribution >= 0.6 is 11.8 Å². The average Bonchev–Trinajstić information content (AvgIpc) is 2.59. The highest BCUT2D eigenvalue weighted by Crippen LogP contribution is 2.32. The summed E-state index contributed by atoms with van der Waals surface area (Å²) in [6.45, 7) is 7.59. The maximum Gasteiger partial charge on any atom is 0.249 e. The van der Waals surface area contributed by atoms with E-state index in [1.165, 1.54) is 6.92 Å². The van der Waals surface area contributed by atoms with Gasteiger partial charge in [-0.25, -0.2) is 0 Å². The summed E-state index contributed by atoms with van der Waals surface area (Å²) < 4.78 is 11.4. The van der Waals surface area contributed by atoms with Crippen molar-refractivity contribution < 1.29 is 34.1 Å². The van der Waals surface area contributed by atoms with E-state index < -0.39 is 30.0 Å². The maximum atomic E-state index is 12.6. The summed E-state index contributed by atoms with van der Waals surface area (Å²) in [6, 6.07) is 0.